The van der Waals surface area contributed by atoms with Crippen molar-refractivity contribution in [3.8, 4) is 5.69 Å². The van der Waals surface area contributed by atoms with E-state index in [0.717, 1.165) is 29.2 Å². The number of benzene rings is 2. The molecule has 33 heavy (non-hydrogen) atoms. The summed E-state index contributed by atoms with van der Waals surface area (Å²) in [6.45, 7) is 0. The second kappa shape index (κ2) is 8.37. The molecule has 8 heteroatoms. The number of anilines is 1. The van der Waals surface area contributed by atoms with Gasteiger partial charge in [-0.3, -0.25) is 4.98 Å². The number of nitrogens with one attached hydrogen (secondary N) is 1. The van der Waals surface area contributed by atoms with Crippen molar-refractivity contribution in [1.82, 2.24) is 14.9 Å². The molecule has 4 aromatic rings. The van der Waals surface area contributed by atoms with Gasteiger partial charge in [-0.25, -0.2) is 0 Å². The van der Waals surface area contributed by atoms with Crippen LogP contribution in [0.5, 0.6) is 0 Å². The molecule has 4 nitrogen and oxygen atoms in total. The van der Waals surface area contributed by atoms with Gasteiger partial charge < -0.3 is 14.8 Å². The lowest BCUT2D eigenvalue weighted by atomic mass is 10.0. The largest absolute Gasteiger partial charge is 0.416 e. The lowest BCUT2D eigenvalue weighted by molar-refractivity contribution is -0.137. The zero-order valence-electron chi connectivity index (χ0n) is 17.3. The second-order valence-electron chi connectivity index (χ2n) is 7.68. The molecule has 1 fully saturated rings. The van der Waals surface area contributed by atoms with Crippen molar-refractivity contribution in [2.45, 2.75) is 18.3 Å². The topological polar surface area (TPSA) is 33.1 Å². The summed E-state index contributed by atoms with van der Waals surface area (Å²) < 4.78 is 41.9. The van der Waals surface area contributed by atoms with Crippen LogP contribution in [0.25, 0.3) is 5.69 Å². The van der Waals surface area contributed by atoms with Gasteiger partial charge >= 0.3 is 6.18 Å². The van der Waals surface area contributed by atoms with Gasteiger partial charge in [0.25, 0.3) is 0 Å². The number of hydrogen-bond acceptors (Lipinski definition) is 2. The van der Waals surface area contributed by atoms with Crippen LogP contribution in [0.2, 0.25) is 0 Å². The molecule has 5 rings (SSSR count). The van der Waals surface area contributed by atoms with E-state index in [-0.39, 0.29) is 12.1 Å². The molecule has 0 radical (unpaired) electrons. The average Bonchev–Trinajstić information content (AvgIpc) is 3.44. The standard InChI is InChI=1S/C25H19F3N4S/c26-25(27,28)17-8-6-11-19(16-17)31-15-7-13-21(31)23-22(20-12-4-5-14-29-20)30-24(33)32(23)18-9-2-1-3-10-18/h1-16,22-23H,(H,30,33)/t22-,23+/m1/s1. The highest BCUT2D eigenvalue weighted by atomic mass is 32.1. The highest BCUT2D eigenvalue weighted by molar-refractivity contribution is 7.80. The molecule has 2 aromatic carbocycles. The summed E-state index contributed by atoms with van der Waals surface area (Å²) in [5, 5.41) is 3.90. The van der Waals surface area contributed by atoms with Crippen LogP contribution in [-0.2, 0) is 6.18 Å². The zero-order valence-corrected chi connectivity index (χ0v) is 18.1. The number of pyridine rings is 1. The SMILES string of the molecule is FC(F)(F)c1cccc(-n2cccc2[C@H]2[C@@H](c3ccccn3)NC(=S)N2c2ccccc2)c1. The fourth-order valence-electron chi connectivity index (χ4n) is 4.22. The lowest BCUT2D eigenvalue weighted by Crippen LogP contribution is -2.30. The van der Waals surface area contributed by atoms with E-state index in [0.29, 0.717) is 10.8 Å². The Hall–Kier alpha value is -3.65. The molecule has 1 saturated heterocycles. The third kappa shape index (κ3) is 3.98. The average molecular weight is 465 g/mol. The summed E-state index contributed by atoms with van der Waals surface area (Å²) in [6, 6.07) is 23.8. The number of thiocarbonyl (C=S) groups is 1. The molecule has 0 spiro atoms. The minimum atomic E-state index is -4.42. The van der Waals surface area contributed by atoms with E-state index >= 15 is 0 Å². The first-order valence-corrected chi connectivity index (χ1v) is 10.7. The smallest absolute Gasteiger partial charge is 0.351 e. The van der Waals surface area contributed by atoms with E-state index in [1.54, 1.807) is 23.0 Å². The number of halogens is 3. The van der Waals surface area contributed by atoms with Gasteiger partial charge in [0, 0.05) is 29.5 Å². The fourth-order valence-corrected chi connectivity index (χ4v) is 4.57. The van der Waals surface area contributed by atoms with Crippen LogP contribution in [0.1, 0.15) is 29.0 Å². The van der Waals surface area contributed by atoms with Crippen LogP contribution in [0, 0.1) is 0 Å². The van der Waals surface area contributed by atoms with E-state index in [1.807, 2.05) is 65.6 Å². The third-order valence-corrected chi connectivity index (χ3v) is 5.98. The van der Waals surface area contributed by atoms with Gasteiger partial charge in [0.15, 0.2) is 5.11 Å². The Morgan fingerprint density at radius 2 is 1.61 bits per heavy atom. The normalized spacial score (nSPS) is 18.4. The molecule has 2 aromatic heterocycles. The third-order valence-electron chi connectivity index (χ3n) is 5.67. The maximum atomic E-state index is 13.4. The Morgan fingerprint density at radius 3 is 2.33 bits per heavy atom. The Labute approximate surface area is 194 Å². The summed E-state index contributed by atoms with van der Waals surface area (Å²) >= 11 is 5.71. The van der Waals surface area contributed by atoms with Crippen LogP contribution in [0.4, 0.5) is 18.9 Å². The van der Waals surface area contributed by atoms with Crippen molar-refractivity contribution < 1.29 is 13.2 Å². The van der Waals surface area contributed by atoms with Crippen molar-refractivity contribution in [2.24, 2.45) is 0 Å². The molecule has 1 aliphatic rings. The fraction of sp³-hybridized carbons (Fsp3) is 0.120. The van der Waals surface area contributed by atoms with Crippen molar-refractivity contribution in [1.29, 1.82) is 0 Å². The summed E-state index contributed by atoms with van der Waals surface area (Å²) in [5.41, 5.74) is 2.20. The van der Waals surface area contributed by atoms with Crippen LogP contribution in [0.15, 0.2) is 97.3 Å². The predicted molar refractivity (Wildman–Crippen MR) is 125 cm³/mol. The molecule has 3 heterocycles. The molecule has 0 aliphatic carbocycles. The van der Waals surface area contributed by atoms with Gasteiger partial charge in [0.2, 0.25) is 0 Å². The van der Waals surface area contributed by atoms with Gasteiger partial charge in [-0.05, 0) is 66.8 Å². The Morgan fingerprint density at radius 1 is 0.848 bits per heavy atom. The van der Waals surface area contributed by atoms with Gasteiger partial charge in [0.05, 0.1) is 17.3 Å². The number of alkyl halides is 3. The van der Waals surface area contributed by atoms with Crippen LogP contribution >= 0.6 is 12.2 Å². The molecule has 0 unspecified atom stereocenters. The van der Waals surface area contributed by atoms with Crippen molar-refractivity contribution in [3.63, 3.8) is 0 Å². The molecule has 1 aliphatic heterocycles. The molecule has 1 N–H and O–H groups in total. The summed E-state index contributed by atoms with van der Waals surface area (Å²) in [4.78, 5) is 6.52. The minimum Gasteiger partial charge on any atom is -0.351 e. The molecule has 2 atom stereocenters. The number of hydrogen-bond donors (Lipinski definition) is 1. The van der Waals surface area contributed by atoms with E-state index in [1.165, 1.54) is 6.07 Å². The monoisotopic (exact) mass is 464 g/mol. The first kappa shape index (κ1) is 21.2. The Kier molecular flexibility index (Phi) is 5.38. The number of aromatic nitrogens is 2. The van der Waals surface area contributed by atoms with E-state index < -0.39 is 11.7 Å². The number of rotatable bonds is 4. The first-order chi connectivity index (χ1) is 15.9. The van der Waals surface area contributed by atoms with Gasteiger partial charge in [-0.1, -0.05) is 30.3 Å². The van der Waals surface area contributed by atoms with Crippen molar-refractivity contribution in [3.05, 3.63) is 114 Å². The number of para-hydroxylation sites is 1. The Balaban J connectivity index is 1.66. The molecule has 0 bridgehead atoms. The van der Waals surface area contributed by atoms with Gasteiger partial charge in [-0.2, -0.15) is 13.2 Å². The highest BCUT2D eigenvalue weighted by Crippen LogP contribution is 2.42. The Bertz CT molecular complexity index is 1270. The summed E-state index contributed by atoms with van der Waals surface area (Å²) in [6.07, 6.45) is -0.939. The minimum absolute atomic E-state index is 0.293. The molecule has 0 amide bonds. The van der Waals surface area contributed by atoms with Gasteiger partial charge in [-0.15, -0.1) is 0 Å². The van der Waals surface area contributed by atoms with Crippen LogP contribution in [0.3, 0.4) is 0 Å². The van der Waals surface area contributed by atoms with E-state index in [4.69, 9.17) is 12.2 Å². The highest BCUT2D eigenvalue weighted by Gasteiger charge is 2.42. The maximum Gasteiger partial charge on any atom is 0.416 e. The quantitative estimate of drug-likeness (QED) is 0.372. The van der Waals surface area contributed by atoms with Crippen LogP contribution < -0.4 is 10.2 Å². The van der Waals surface area contributed by atoms with Crippen molar-refractivity contribution >= 4 is 23.0 Å². The molecular weight excluding hydrogens is 445 g/mol. The maximum absolute atomic E-state index is 13.4. The first-order valence-electron chi connectivity index (χ1n) is 10.3. The summed E-state index contributed by atoms with van der Waals surface area (Å²) in [7, 11) is 0. The summed E-state index contributed by atoms with van der Waals surface area (Å²) in [5.74, 6) is 0. The van der Waals surface area contributed by atoms with Crippen LogP contribution in [-0.4, -0.2) is 14.7 Å². The van der Waals surface area contributed by atoms with Crippen molar-refractivity contribution in [2.75, 3.05) is 4.90 Å². The molecular formula is C25H19F3N4S. The molecule has 166 valence electrons. The zero-order chi connectivity index (χ0) is 23.0. The predicted octanol–water partition coefficient (Wildman–Crippen LogP) is 6.07. The van der Waals surface area contributed by atoms with E-state index in [2.05, 4.69) is 10.3 Å². The molecule has 0 saturated carbocycles. The van der Waals surface area contributed by atoms with E-state index in [9.17, 15) is 13.2 Å². The lowest BCUT2D eigenvalue weighted by Gasteiger charge is -2.29. The van der Waals surface area contributed by atoms with Gasteiger partial charge in [0.1, 0.15) is 6.04 Å². The number of nitrogens with zero attached hydrogens (tertiary/aromatic N) is 3. The second-order valence-corrected chi connectivity index (χ2v) is 8.07.